The third-order valence-corrected chi connectivity index (χ3v) is 7.30. The first-order valence-electron chi connectivity index (χ1n) is 12.3. The first-order chi connectivity index (χ1) is 16.6. The molecule has 2 aliphatic rings. The van der Waals surface area contributed by atoms with Crippen LogP contribution in [0.25, 0.3) is 0 Å². The number of aryl methyl sites for hydroxylation is 2. The summed E-state index contributed by atoms with van der Waals surface area (Å²) in [5.41, 5.74) is 2.91. The van der Waals surface area contributed by atoms with Crippen LogP contribution in [0, 0.1) is 0 Å². The van der Waals surface area contributed by atoms with Crippen molar-refractivity contribution in [3.63, 3.8) is 0 Å². The highest BCUT2D eigenvalue weighted by molar-refractivity contribution is 5.96. The van der Waals surface area contributed by atoms with Crippen molar-refractivity contribution >= 4 is 5.91 Å². The molecule has 1 aliphatic heterocycles. The van der Waals surface area contributed by atoms with Crippen LogP contribution in [0.1, 0.15) is 77.4 Å². The molecule has 5 rings (SSSR count). The van der Waals surface area contributed by atoms with Crippen molar-refractivity contribution in [1.82, 2.24) is 14.5 Å². The van der Waals surface area contributed by atoms with Crippen molar-refractivity contribution in [2.75, 3.05) is 13.1 Å². The number of amides is 1. The summed E-state index contributed by atoms with van der Waals surface area (Å²) in [7, 11) is 0. The van der Waals surface area contributed by atoms with E-state index in [0.29, 0.717) is 25.3 Å². The second-order valence-electron chi connectivity index (χ2n) is 9.41. The molecular formula is C28H31N3O3. The number of unbranched alkanes of at least 4 members (excludes halogenated alkanes) is 1. The monoisotopic (exact) mass is 457 g/mol. The van der Waals surface area contributed by atoms with Crippen LogP contribution in [-0.2, 0) is 12.8 Å². The van der Waals surface area contributed by atoms with Gasteiger partial charge in [0.05, 0.1) is 6.04 Å². The maximum absolute atomic E-state index is 13.8. The molecule has 176 valence electrons. The molecular weight excluding hydrogens is 426 g/mol. The SMILES string of the molecule is CCCCc1nc(O)c(C(=O)N2CC[C@H](c3ccccc3)C2)c(=O)n1C1CCc2ccccc21. The molecule has 1 amide bonds. The van der Waals surface area contributed by atoms with Gasteiger partial charge in [0.2, 0.25) is 5.88 Å². The van der Waals surface area contributed by atoms with Crippen LogP contribution >= 0.6 is 0 Å². The van der Waals surface area contributed by atoms with E-state index in [0.717, 1.165) is 37.7 Å². The van der Waals surface area contributed by atoms with Gasteiger partial charge in [0.1, 0.15) is 5.82 Å². The van der Waals surface area contributed by atoms with Gasteiger partial charge < -0.3 is 10.0 Å². The van der Waals surface area contributed by atoms with E-state index in [1.54, 1.807) is 9.47 Å². The summed E-state index contributed by atoms with van der Waals surface area (Å²) < 4.78 is 1.69. The second kappa shape index (κ2) is 9.45. The highest BCUT2D eigenvalue weighted by atomic mass is 16.3. The van der Waals surface area contributed by atoms with Crippen LogP contribution in [0.4, 0.5) is 0 Å². The van der Waals surface area contributed by atoms with Gasteiger partial charge in [-0.2, -0.15) is 4.98 Å². The quantitative estimate of drug-likeness (QED) is 0.593. The lowest BCUT2D eigenvalue weighted by molar-refractivity contribution is 0.0783. The summed E-state index contributed by atoms with van der Waals surface area (Å²) in [5.74, 6) is -0.0681. The standard InChI is InChI=1S/C28H31N3O3/c1-2-3-13-24-29-26(32)25(27(33)30-17-16-21(18-30)19-9-5-4-6-10-19)28(34)31(24)23-15-14-20-11-7-8-12-22(20)23/h4-12,21,23,32H,2-3,13-18H2,1H3/t21-,23?/m0/s1. The fourth-order valence-corrected chi connectivity index (χ4v) is 5.49. The zero-order valence-electron chi connectivity index (χ0n) is 19.6. The minimum Gasteiger partial charge on any atom is -0.493 e. The molecule has 1 N–H and O–H groups in total. The number of carbonyl (C=O) groups is 1. The molecule has 0 spiro atoms. The number of aromatic hydroxyl groups is 1. The minimum atomic E-state index is -0.438. The maximum Gasteiger partial charge on any atom is 0.270 e. The lowest BCUT2D eigenvalue weighted by Crippen LogP contribution is -2.38. The maximum atomic E-state index is 13.8. The topological polar surface area (TPSA) is 75.4 Å². The van der Waals surface area contributed by atoms with Crippen LogP contribution in [0.2, 0.25) is 0 Å². The molecule has 6 heteroatoms. The van der Waals surface area contributed by atoms with Crippen molar-refractivity contribution in [3.05, 3.63) is 93.0 Å². The minimum absolute atomic E-state index is 0.161. The zero-order chi connectivity index (χ0) is 23.7. The molecule has 1 aliphatic carbocycles. The van der Waals surface area contributed by atoms with Gasteiger partial charge in [-0.05, 0) is 42.4 Å². The van der Waals surface area contributed by atoms with Crippen molar-refractivity contribution in [2.45, 2.75) is 57.4 Å². The molecule has 2 heterocycles. The van der Waals surface area contributed by atoms with Gasteiger partial charge in [0.25, 0.3) is 11.5 Å². The van der Waals surface area contributed by atoms with Crippen LogP contribution in [0.15, 0.2) is 59.4 Å². The zero-order valence-corrected chi connectivity index (χ0v) is 19.6. The Labute approximate surface area is 199 Å². The molecule has 1 fully saturated rings. The molecule has 0 radical (unpaired) electrons. The van der Waals surface area contributed by atoms with Gasteiger partial charge in [0.15, 0.2) is 5.56 Å². The summed E-state index contributed by atoms with van der Waals surface area (Å²) in [4.78, 5) is 33.5. The highest BCUT2D eigenvalue weighted by Gasteiger charge is 2.34. The molecule has 1 unspecified atom stereocenters. The fraction of sp³-hybridized carbons (Fsp3) is 0.393. The summed E-state index contributed by atoms with van der Waals surface area (Å²) >= 11 is 0. The molecule has 3 aromatic rings. The molecule has 2 aromatic carbocycles. The summed E-state index contributed by atoms with van der Waals surface area (Å²) in [6.07, 6.45) is 4.91. The van der Waals surface area contributed by atoms with Crippen molar-refractivity contribution in [2.24, 2.45) is 0 Å². The lowest BCUT2D eigenvalue weighted by atomic mass is 9.99. The molecule has 1 aromatic heterocycles. The van der Waals surface area contributed by atoms with Crippen molar-refractivity contribution < 1.29 is 9.90 Å². The molecule has 0 bridgehead atoms. The summed E-state index contributed by atoms with van der Waals surface area (Å²) in [6.45, 7) is 3.17. The number of carbonyl (C=O) groups excluding carboxylic acids is 1. The number of nitrogens with zero attached hydrogens (tertiary/aromatic N) is 3. The van der Waals surface area contributed by atoms with E-state index in [9.17, 15) is 14.7 Å². The third kappa shape index (κ3) is 4.02. The second-order valence-corrected chi connectivity index (χ2v) is 9.41. The van der Waals surface area contributed by atoms with Crippen molar-refractivity contribution in [3.8, 4) is 5.88 Å². The number of rotatable bonds is 6. The Balaban J connectivity index is 1.52. The fourth-order valence-electron chi connectivity index (χ4n) is 5.49. The summed E-state index contributed by atoms with van der Waals surface area (Å²) in [5, 5.41) is 10.8. The molecule has 0 saturated carbocycles. The number of aromatic nitrogens is 2. The van der Waals surface area contributed by atoms with Crippen LogP contribution in [0.5, 0.6) is 5.88 Å². The van der Waals surface area contributed by atoms with Crippen LogP contribution in [-0.4, -0.2) is 38.6 Å². The van der Waals surface area contributed by atoms with E-state index in [4.69, 9.17) is 0 Å². The molecule has 2 atom stereocenters. The van der Waals surface area contributed by atoms with E-state index < -0.39 is 17.3 Å². The Bertz CT molecular complexity index is 1250. The lowest BCUT2D eigenvalue weighted by Gasteiger charge is -2.23. The Morgan fingerprint density at radius 3 is 2.65 bits per heavy atom. The Kier molecular flexibility index (Phi) is 6.22. The van der Waals surface area contributed by atoms with Gasteiger partial charge in [-0.25, -0.2) is 0 Å². The Morgan fingerprint density at radius 1 is 1.09 bits per heavy atom. The van der Waals surface area contributed by atoms with Gasteiger partial charge in [-0.1, -0.05) is 67.9 Å². The van der Waals surface area contributed by atoms with E-state index >= 15 is 0 Å². The third-order valence-electron chi connectivity index (χ3n) is 7.30. The predicted molar refractivity (Wildman–Crippen MR) is 131 cm³/mol. The van der Waals surface area contributed by atoms with Gasteiger partial charge in [-0.15, -0.1) is 0 Å². The van der Waals surface area contributed by atoms with Gasteiger partial charge in [-0.3, -0.25) is 14.2 Å². The van der Waals surface area contributed by atoms with E-state index in [1.165, 1.54) is 11.1 Å². The van der Waals surface area contributed by atoms with Crippen LogP contribution in [0.3, 0.4) is 0 Å². The largest absolute Gasteiger partial charge is 0.493 e. The average molecular weight is 458 g/mol. The highest BCUT2D eigenvalue weighted by Crippen LogP contribution is 2.35. The number of fused-ring (bicyclic) bond motifs is 1. The number of hydrogen-bond donors (Lipinski definition) is 1. The van der Waals surface area contributed by atoms with Crippen molar-refractivity contribution in [1.29, 1.82) is 0 Å². The molecule has 34 heavy (non-hydrogen) atoms. The average Bonchev–Trinajstić information content (AvgIpc) is 3.51. The van der Waals surface area contributed by atoms with Crippen LogP contribution < -0.4 is 5.56 Å². The normalized spacial score (nSPS) is 19.4. The smallest absolute Gasteiger partial charge is 0.270 e. The van der Waals surface area contributed by atoms with E-state index in [2.05, 4.69) is 36.2 Å². The number of benzene rings is 2. The van der Waals surface area contributed by atoms with E-state index in [-0.39, 0.29) is 17.5 Å². The first kappa shape index (κ1) is 22.4. The van der Waals surface area contributed by atoms with E-state index in [1.807, 2.05) is 30.3 Å². The number of likely N-dealkylation sites (tertiary alicyclic amines) is 1. The Morgan fingerprint density at radius 2 is 1.85 bits per heavy atom. The van der Waals surface area contributed by atoms with Gasteiger partial charge >= 0.3 is 0 Å². The van der Waals surface area contributed by atoms with Gasteiger partial charge in [0, 0.05) is 25.4 Å². The molecule has 6 nitrogen and oxygen atoms in total. The molecule has 1 saturated heterocycles. The summed E-state index contributed by atoms with van der Waals surface area (Å²) in [6, 6.07) is 18.1. The first-order valence-corrected chi connectivity index (χ1v) is 12.3. The Hall–Kier alpha value is -3.41. The number of hydrogen-bond acceptors (Lipinski definition) is 4. The predicted octanol–water partition coefficient (Wildman–Crippen LogP) is 4.46.